The Morgan fingerprint density at radius 1 is 0.960 bits per heavy atom. The molecule has 1 aliphatic heterocycles. The number of halogens is 2. The Morgan fingerprint density at radius 2 is 1.36 bits per heavy atom. The molecule has 0 aromatic heterocycles. The highest BCUT2D eigenvalue weighted by atomic mass is 28.4. The summed E-state index contributed by atoms with van der Waals surface area (Å²) in [5.74, 6) is -1.77. The van der Waals surface area contributed by atoms with Crippen LogP contribution in [0.3, 0.4) is 0 Å². The summed E-state index contributed by atoms with van der Waals surface area (Å²) < 4.78 is 46.8. The topological polar surface area (TPSA) is 27.7 Å². The van der Waals surface area contributed by atoms with E-state index in [1.54, 1.807) is 0 Å². The molecule has 1 aromatic rings. The van der Waals surface area contributed by atoms with Crippen LogP contribution in [-0.4, -0.2) is 26.6 Å². The van der Waals surface area contributed by atoms with E-state index < -0.39 is 38.3 Å². The van der Waals surface area contributed by atoms with Crippen molar-refractivity contribution in [1.29, 1.82) is 0 Å². The summed E-state index contributed by atoms with van der Waals surface area (Å²) >= 11 is 0. The molecular weight excluding hydrogens is 341 g/mol. The van der Waals surface area contributed by atoms with Crippen molar-refractivity contribution in [3.05, 3.63) is 23.8 Å². The molecule has 140 valence electrons. The lowest BCUT2D eigenvalue weighted by molar-refractivity contribution is 0.00578. The van der Waals surface area contributed by atoms with Crippen LogP contribution >= 0.6 is 0 Å². The molecule has 1 aromatic carbocycles. The lowest BCUT2D eigenvalue weighted by Gasteiger charge is -2.36. The standard InChI is InChI=1S/C18H29BF2O3Si/c1-16(2,3)25(8,9)22-15-13(20)10-12(11-14(15)21)19-23-17(4,5)18(6,7)24-19/h10-11H,1-9H3. The summed E-state index contributed by atoms with van der Waals surface area (Å²) in [7, 11) is -3.16. The summed E-state index contributed by atoms with van der Waals surface area (Å²) in [5.41, 5.74) is -0.821. The summed E-state index contributed by atoms with van der Waals surface area (Å²) in [5, 5.41) is -0.156. The van der Waals surface area contributed by atoms with Crippen LogP contribution in [0.2, 0.25) is 18.1 Å². The quantitative estimate of drug-likeness (QED) is 0.725. The van der Waals surface area contributed by atoms with Crippen LogP contribution in [0.1, 0.15) is 48.5 Å². The zero-order valence-corrected chi connectivity index (χ0v) is 17.7. The van der Waals surface area contributed by atoms with Gasteiger partial charge >= 0.3 is 7.12 Å². The molecule has 0 amide bonds. The van der Waals surface area contributed by atoms with E-state index in [2.05, 4.69) is 0 Å². The van der Waals surface area contributed by atoms with Crippen LogP contribution in [0.25, 0.3) is 0 Å². The Kier molecular flexibility index (Phi) is 4.95. The molecule has 1 heterocycles. The Hall–Kier alpha value is -0.918. The molecule has 1 aliphatic rings. The highest BCUT2D eigenvalue weighted by Gasteiger charge is 2.52. The molecule has 3 nitrogen and oxygen atoms in total. The molecule has 7 heteroatoms. The maximum absolute atomic E-state index is 14.6. The fourth-order valence-corrected chi connectivity index (χ4v) is 3.21. The van der Waals surface area contributed by atoms with Crippen molar-refractivity contribution in [1.82, 2.24) is 0 Å². The highest BCUT2D eigenvalue weighted by molar-refractivity contribution is 6.74. The molecule has 0 bridgehead atoms. The van der Waals surface area contributed by atoms with E-state index in [1.165, 1.54) is 12.1 Å². The first-order chi connectivity index (χ1) is 11.1. The molecule has 1 fully saturated rings. The van der Waals surface area contributed by atoms with Crippen molar-refractivity contribution in [3.8, 4) is 5.75 Å². The van der Waals surface area contributed by atoms with Gasteiger partial charge in [0.25, 0.3) is 8.32 Å². The minimum atomic E-state index is -2.35. The molecule has 0 radical (unpaired) electrons. The third kappa shape index (κ3) is 3.78. The molecule has 0 unspecified atom stereocenters. The molecule has 2 rings (SSSR count). The fourth-order valence-electron chi connectivity index (χ4n) is 2.20. The molecular formula is C18H29BF2O3Si. The zero-order valence-electron chi connectivity index (χ0n) is 16.7. The van der Waals surface area contributed by atoms with Gasteiger partial charge in [0, 0.05) is 0 Å². The molecule has 0 spiro atoms. The number of benzene rings is 1. The first-order valence-corrected chi connectivity index (χ1v) is 11.5. The van der Waals surface area contributed by atoms with E-state index in [4.69, 9.17) is 13.7 Å². The Bertz CT molecular complexity index is 630. The van der Waals surface area contributed by atoms with Gasteiger partial charge in [0.05, 0.1) is 11.2 Å². The molecule has 0 N–H and O–H groups in total. The van der Waals surface area contributed by atoms with Crippen LogP contribution in [0.5, 0.6) is 5.75 Å². The monoisotopic (exact) mass is 370 g/mol. The Balaban J connectivity index is 2.33. The van der Waals surface area contributed by atoms with Crippen LogP contribution in [0.15, 0.2) is 12.1 Å². The first kappa shape index (κ1) is 20.4. The lowest BCUT2D eigenvalue weighted by atomic mass is 9.79. The maximum atomic E-state index is 14.6. The van der Waals surface area contributed by atoms with Gasteiger partial charge in [-0.25, -0.2) is 8.78 Å². The third-order valence-corrected chi connectivity index (χ3v) is 10.0. The van der Waals surface area contributed by atoms with Crippen molar-refractivity contribution >= 4 is 20.9 Å². The van der Waals surface area contributed by atoms with Gasteiger partial charge in [-0.3, -0.25) is 0 Å². The SMILES string of the molecule is CC1(C)OB(c2cc(F)c(O[Si](C)(C)C(C)(C)C)c(F)c2)OC1(C)C. The van der Waals surface area contributed by atoms with Crippen molar-refractivity contribution < 1.29 is 22.5 Å². The summed E-state index contributed by atoms with van der Waals surface area (Å²) in [4.78, 5) is 0. The van der Waals surface area contributed by atoms with Crippen molar-refractivity contribution in [2.24, 2.45) is 0 Å². The second-order valence-electron chi connectivity index (χ2n) is 9.26. The smallest absolute Gasteiger partial charge is 0.495 e. The normalized spacial score (nSPS) is 20.0. The molecule has 0 aliphatic carbocycles. The lowest BCUT2D eigenvalue weighted by Crippen LogP contribution is -2.44. The summed E-state index contributed by atoms with van der Waals surface area (Å²) in [6.07, 6.45) is 0. The van der Waals surface area contributed by atoms with Gasteiger partial charge in [0.1, 0.15) is 0 Å². The largest absolute Gasteiger partial charge is 0.540 e. The number of rotatable bonds is 3. The van der Waals surface area contributed by atoms with Crippen LogP contribution in [0, 0.1) is 11.6 Å². The molecule has 0 saturated carbocycles. The average molecular weight is 370 g/mol. The predicted molar refractivity (Wildman–Crippen MR) is 99.9 cm³/mol. The summed E-state index contributed by atoms with van der Waals surface area (Å²) in [6, 6.07) is 2.49. The fraction of sp³-hybridized carbons (Fsp3) is 0.667. The van der Waals surface area contributed by atoms with E-state index in [9.17, 15) is 8.78 Å². The zero-order chi connectivity index (χ0) is 19.4. The van der Waals surface area contributed by atoms with Gasteiger partial charge in [0.2, 0.25) is 0 Å². The van der Waals surface area contributed by atoms with E-state index in [-0.39, 0.29) is 10.8 Å². The van der Waals surface area contributed by atoms with E-state index in [0.717, 1.165) is 0 Å². The average Bonchev–Trinajstić information content (AvgIpc) is 2.61. The number of hydrogen-bond donors (Lipinski definition) is 0. The second-order valence-corrected chi connectivity index (χ2v) is 14.0. The van der Waals surface area contributed by atoms with E-state index >= 15 is 0 Å². The highest BCUT2D eigenvalue weighted by Crippen LogP contribution is 2.39. The Morgan fingerprint density at radius 3 is 1.72 bits per heavy atom. The molecule has 0 atom stereocenters. The van der Waals surface area contributed by atoms with Crippen molar-refractivity contribution in [2.75, 3.05) is 0 Å². The van der Waals surface area contributed by atoms with Crippen LogP contribution in [-0.2, 0) is 9.31 Å². The summed E-state index contributed by atoms with van der Waals surface area (Å²) in [6.45, 7) is 17.6. The maximum Gasteiger partial charge on any atom is 0.495 e. The van der Waals surface area contributed by atoms with Gasteiger partial charge in [-0.15, -0.1) is 0 Å². The first-order valence-electron chi connectivity index (χ1n) is 8.61. The van der Waals surface area contributed by atoms with Gasteiger partial charge in [-0.2, -0.15) is 0 Å². The Labute approximate surface area is 151 Å². The minimum Gasteiger partial charge on any atom is -0.540 e. The molecule has 1 saturated heterocycles. The van der Waals surface area contributed by atoms with Crippen molar-refractivity contribution in [3.63, 3.8) is 0 Å². The van der Waals surface area contributed by atoms with Gasteiger partial charge in [-0.1, -0.05) is 20.8 Å². The van der Waals surface area contributed by atoms with E-state index in [0.29, 0.717) is 5.46 Å². The van der Waals surface area contributed by atoms with E-state index in [1.807, 2.05) is 61.6 Å². The van der Waals surface area contributed by atoms with Crippen molar-refractivity contribution in [2.45, 2.75) is 77.8 Å². The van der Waals surface area contributed by atoms with Crippen LogP contribution in [0.4, 0.5) is 8.78 Å². The number of hydrogen-bond acceptors (Lipinski definition) is 3. The minimum absolute atomic E-state index is 0.156. The third-order valence-electron chi connectivity index (χ3n) is 5.71. The van der Waals surface area contributed by atoms with Gasteiger partial charge < -0.3 is 13.7 Å². The van der Waals surface area contributed by atoms with Gasteiger partial charge in [-0.05, 0) is 63.4 Å². The van der Waals surface area contributed by atoms with Gasteiger partial charge in [0.15, 0.2) is 17.4 Å². The van der Waals surface area contributed by atoms with Crippen LogP contribution < -0.4 is 9.89 Å². The predicted octanol–water partition coefficient (Wildman–Crippen LogP) is 4.65. The second kappa shape index (κ2) is 6.06. The molecule has 25 heavy (non-hydrogen) atoms.